The quantitative estimate of drug-likeness (QED) is 0.443. The molecular weight excluding hydrogens is 341 g/mol. The molecule has 0 fully saturated rings. The maximum atomic E-state index is 13.0. The van der Waals surface area contributed by atoms with Crippen LogP contribution in [0.15, 0.2) is 30.3 Å². The first-order valence-electron chi connectivity index (χ1n) is 8.75. The molecule has 0 saturated heterocycles. The van der Waals surface area contributed by atoms with E-state index >= 15 is 0 Å². The van der Waals surface area contributed by atoms with Crippen molar-refractivity contribution in [2.75, 3.05) is 19.8 Å². The van der Waals surface area contributed by atoms with E-state index in [-0.39, 0.29) is 19.8 Å². The van der Waals surface area contributed by atoms with Gasteiger partial charge in [-0.25, -0.2) is 4.79 Å². The molecule has 1 atom stereocenters. The van der Waals surface area contributed by atoms with E-state index in [1.165, 1.54) is 0 Å². The average Bonchev–Trinajstić information content (AvgIpc) is 2.57. The highest BCUT2D eigenvalue weighted by molar-refractivity contribution is 7.55. The molecule has 1 aromatic carbocycles. The molecule has 0 aliphatic heterocycles. The monoisotopic (exact) mass is 371 g/mol. The predicted molar refractivity (Wildman–Crippen MR) is 98.3 cm³/mol. The van der Waals surface area contributed by atoms with Gasteiger partial charge in [-0.3, -0.25) is 9.88 Å². The molecular formula is C18H30NO5P. The summed E-state index contributed by atoms with van der Waals surface area (Å²) in [6.07, 6.45) is 0.834. The number of carbonyl (C=O) groups is 1. The van der Waals surface area contributed by atoms with Crippen molar-refractivity contribution in [1.29, 1.82) is 0 Å². The molecule has 0 spiro atoms. The zero-order valence-electron chi connectivity index (χ0n) is 15.6. The van der Waals surface area contributed by atoms with Gasteiger partial charge < -0.3 is 13.8 Å². The molecule has 142 valence electrons. The molecule has 7 heteroatoms. The minimum absolute atomic E-state index is 0.111. The van der Waals surface area contributed by atoms with Crippen LogP contribution >= 0.6 is 7.60 Å². The van der Waals surface area contributed by atoms with Crippen LogP contribution < -0.4 is 5.32 Å². The van der Waals surface area contributed by atoms with Crippen LogP contribution in [0.3, 0.4) is 0 Å². The van der Waals surface area contributed by atoms with E-state index in [0.29, 0.717) is 12.5 Å². The first kappa shape index (κ1) is 21.8. The lowest BCUT2D eigenvalue weighted by atomic mass is 10.1. The Bertz CT molecular complexity index is 540. The van der Waals surface area contributed by atoms with Crippen LogP contribution in [0.25, 0.3) is 0 Å². The summed E-state index contributed by atoms with van der Waals surface area (Å²) in [5.74, 6) is -1.31. The third-order valence-electron chi connectivity index (χ3n) is 3.44. The molecule has 1 rings (SSSR count). The van der Waals surface area contributed by atoms with Gasteiger partial charge in [0.25, 0.3) is 0 Å². The van der Waals surface area contributed by atoms with Gasteiger partial charge in [-0.2, -0.15) is 0 Å². The highest BCUT2D eigenvalue weighted by Crippen LogP contribution is 2.52. The third kappa shape index (κ3) is 7.70. The molecule has 0 bridgehead atoms. The molecule has 0 saturated carbocycles. The zero-order chi connectivity index (χ0) is 18.7. The minimum atomic E-state index is -3.65. The van der Waals surface area contributed by atoms with Crippen molar-refractivity contribution in [1.82, 2.24) is 5.32 Å². The SMILES string of the molecule is CCOP(=O)(OCC)C(NCCC(C)C)C(=O)OCc1ccccc1. The highest BCUT2D eigenvalue weighted by Gasteiger charge is 2.42. The fourth-order valence-electron chi connectivity index (χ4n) is 2.19. The van der Waals surface area contributed by atoms with Crippen LogP contribution in [0.1, 0.15) is 39.7 Å². The normalized spacial score (nSPS) is 13.0. The van der Waals surface area contributed by atoms with Gasteiger partial charge in [-0.15, -0.1) is 0 Å². The maximum absolute atomic E-state index is 13.0. The Kier molecular flexibility index (Phi) is 9.98. The molecule has 0 aromatic heterocycles. The van der Waals surface area contributed by atoms with Gasteiger partial charge in [-0.1, -0.05) is 44.2 Å². The number of rotatable bonds is 12. The van der Waals surface area contributed by atoms with E-state index in [1.54, 1.807) is 13.8 Å². The average molecular weight is 371 g/mol. The first-order valence-corrected chi connectivity index (χ1v) is 10.4. The number of benzene rings is 1. The number of carbonyl (C=O) groups excluding carboxylic acids is 1. The molecule has 1 N–H and O–H groups in total. The second-order valence-electron chi connectivity index (χ2n) is 6.01. The van der Waals surface area contributed by atoms with Gasteiger partial charge in [0, 0.05) is 0 Å². The fourth-order valence-corrected chi connectivity index (χ4v) is 3.96. The summed E-state index contributed by atoms with van der Waals surface area (Å²) in [5, 5.41) is 3.01. The fraction of sp³-hybridized carbons (Fsp3) is 0.611. The minimum Gasteiger partial charge on any atom is -0.459 e. The van der Waals surface area contributed by atoms with Crippen LogP contribution in [0.4, 0.5) is 0 Å². The Morgan fingerprint density at radius 3 is 2.24 bits per heavy atom. The first-order chi connectivity index (χ1) is 11.9. The topological polar surface area (TPSA) is 73.9 Å². The van der Waals surface area contributed by atoms with Crippen LogP contribution in [0, 0.1) is 5.92 Å². The number of ether oxygens (including phenoxy) is 1. The van der Waals surface area contributed by atoms with E-state index in [2.05, 4.69) is 19.2 Å². The van der Waals surface area contributed by atoms with Crippen LogP contribution in [0.5, 0.6) is 0 Å². The molecule has 0 aliphatic carbocycles. The zero-order valence-corrected chi connectivity index (χ0v) is 16.5. The van der Waals surface area contributed by atoms with Crippen molar-refractivity contribution in [3.8, 4) is 0 Å². The molecule has 25 heavy (non-hydrogen) atoms. The molecule has 0 heterocycles. The van der Waals surface area contributed by atoms with Crippen molar-refractivity contribution in [2.45, 2.75) is 46.5 Å². The second-order valence-corrected chi connectivity index (χ2v) is 8.12. The Hall–Kier alpha value is -1.20. The summed E-state index contributed by atoms with van der Waals surface area (Å²) < 4.78 is 29.1. The van der Waals surface area contributed by atoms with Gasteiger partial charge >= 0.3 is 13.6 Å². The van der Waals surface area contributed by atoms with Crippen molar-refractivity contribution in [3.05, 3.63) is 35.9 Å². The van der Waals surface area contributed by atoms with E-state index in [9.17, 15) is 9.36 Å². The Labute approximate surface area is 150 Å². The van der Waals surface area contributed by atoms with Gasteiger partial charge in [0.15, 0.2) is 0 Å². The van der Waals surface area contributed by atoms with Gasteiger partial charge in [0.1, 0.15) is 6.61 Å². The Morgan fingerprint density at radius 1 is 1.12 bits per heavy atom. The van der Waals surface area contributed by atoms with E-state index < -0.39 is 19.3 Å². The van der Waals surface area contributed by atoms with Crippen molar-refractivity contribution in [3.63, 3.8) is 0 Å². The van der Waals surface area contributed by atoms with Crippen molar-refractivity contribution in [2.24, 2.45) is 5.92 Å². The summed E-state index contributed by atoms with van der Waals surface area (Å²) in [6, 6.07) is 9.35. The summed E-state index contributed by atoms with van der Waals surface area (Å²) >= 11 is 0. The molecule has 6 nitrogen and oxygen atoms in total. The predicted octanol–water partition coefficient (Wildman–Crippen LogP) is 3.96. The Morgan fingerprint density at radius 2 is 1.72 bits per heavy atom. The smallest absolute Gasteiger partial charge is 0.358 e. The summed E-state index contributed by atoms with van der Waals surface area (Å²) in [5.41, 5.74) is 0.861. The summed E-state index contributed by atoms with van der Waals surface area (Å²) in [7, 11) is -3.65. The Balaban J connectivity index is 2.83. The van der Waals surface area contributed by atoms with Crippen LogP contribution in [-0.2, 0) is 29.8 Å². The largest absolute Gasteiger partial charge is 0.459 e. The molecule has 1 aromatic rings. The van der Waals surface area contributed by atoms with Crippen LogP contribution in [0.2, 0.25) is 0 Å². The van der Waals surface area contributed by atoms with Gasteiger partial charge in [0.2, 0.25) is 5.78 Å². The molecule has 1 unspecified atom stereocenters. The maximum Gasteiger partial charge on any atom is 0.358 e. The van der Waals surface area contributed by atoms with Crippen molar-refractivity contribution < 1.29 is 23.1 Å². The number of esters is 1. The highest BCUT2D eigenvalue weighted by atomic mass is 31.2. The third-order valence-corrected chi connectivity index (χ3v) is 5.70. The molecule has 0 aliphatic rings. The number of hydrogen-bond donors (Lipinski definition) is 1. The van der Waals surface area contributed by atoms with E-state index in [4.69, 9.17) is 13.8 Å². The molecule has 0 radical (unpaired) electrons. The lowest BCUT2D eigenvalue weighted by molar-refractivity contribution is -0.145. The van der Waals surface area contributed by atoms with Gasteiger partial charge in [0.05, 0.1) is 13.2 Å². The van der Waals surface area contributed by atoms with Crippen molar-refractivity contribution >= 4 is 13.6 Å². The number of hydrogen-bond acceptors (Lipinski definition) is 6. The lowest BCUT2D eigenvalue weighted by Crippen LogP contribution is -2.40. The second kappa shape index (κ2) is 11.4. The van der Waals surface area contributed by atoms with Gasteiger partial charge in [-0.05, 0) is 38.3 Å². The number of nitrogens with one attached hydrogen (secondary N) is 1. The van der Waals surface area contributed by atoms with E-state index in [1.807, 2.05) is 30.3 Å². The van der Waals surface area contributed by atoms with E-state index in [0.717, 1.165) is 12.0 Å². The summed E-state index contributed by atoms with van der Waals surface area (Å²) in [4.78, 5) is 12.6. The summed E-state index contributed by atoms with van der Waals surface area (Å²) in [6.45, 7) is 8.59. The molecule has 0 amide bonds. The standard InChI is InChI=1S/C18H30NO5P/c1-5-23-25(21,24-6-2)17(19-13-12-15(3)4)18(20)22-14-16-10-8-7-9-11-16/h7-11,15,17,19H,5-6,12-14H2,1-4H3. The van der Waals surface area contributed by atoms with Crippen LogP contribution in [-0.4, -0.2) is 31.5 Å². The lowest BCUT2D eigenvalue weighted by Gasteiger charge is -2.26.